The molecule has 2 atom stereocenters. The summed E-state index contributed by atoms with van der Waals surface area (Å²) in [6.07, 6.45) is 6.60. The molecule has 2 rings (SSSR count). The standard InChI is InChI=1S/C11H15N3O3/c1-8-5-3-4-6-10(17-8)11-9(14(15)16)7-12-13(11)2/h3,5,7-8,10H,4,6H2,1-2H3/t8-,10+/m1/s1. The molecule has 6 heteroatoms. The first kappa shape index (κ1) is 11.8. The summed E-state index contributed by atoms with van der Waals surface area (Å²) in [4.78, 5) is 10.5. The normalized spacial score (nSPS) is 24.6. The van der Waals surface area contributed by atoms with E-state index in [1.165, 1.54) is 10.9 Å². The van der Waals surface area contributed by atoms with Crippen molar-refractivity contribution in [1.29, 1.82) is 0 Å². The van der Waals surface area contributed by atoms with Crippen LogP contribution in [0.2, 0.25) is 0 Å². The number of allylic oxidation sites excluding steroid dienone is 1. The molecule has 2 heterocycles. The van der Waals surface area contributed by atoms with Crippen LogP contribution in [0.5, 0.6) is 0 Å². The molecule has 0 aliphatic carbocycles. The molecule has 92 valence electrons. The molecule has 0 radical (unpaired) electrons. The molecule has 1 aromatic heterocycles. The number of nitrogens with zero attached hydrogens (tertiary/aromatic N) is 3. The zero-order valence-electron chi connectivity index (χ0n) is 9.87. The predicted molar refractivity (Wildman–Crippen MR) is 61.5 cm³/mol. The molecule has 0 saturated carbocycles. The van der Waals surface area contributed by atoms with Crippen molar-refractivity contribution in [3.8, 4) is 0 Å². The Morgan fingerprint density at radius 3 is 3.12 bits per heavy atom. The first-order valence-electron chi connectivity index (χ1n) is 5.58. The van der Waals surface area contributed by atoms with Gasteiger partial charge in [0.1, 0.15) is 18.0 Å². The van der Waals surface area contributed by atoms with Gasteiger partial charge in [-0.2, -0.15) is 5.10 Å². The molecular weight excluding hydrogens is 222 g/mol. The molecule has 0 spiro atoms. The lowest BCUT2D eigenvalue weighted by atomic mass is 10.1. The molecule has 0 saturated heterocycles. The van der Waals surface area contributed by atoms with Gasteiger partial charge in [0.05, 0.1) is 11.0 Å². The van der Waals surface area contributed by atoms with E-state index in [9.17, 15) is 10.1 Å². The number of hydrogen-bond acceptors (Lipinski definition) is 4. The highest BCUT2D eigenvalue weighted by Crippen LogP contribution is 2.32. The van der Waals surface area contributed by atoms with Crippen LogP contribution in [0.15, 0.2) is 18.3 Å². The summed E-state index contributed by atoms with van der Waals surface area (Å²) in [5.74, 6) is 0. The zero-order valence-corrected chi connectivity index (χ0v) is 9.87. The lowest BCUT2D eigenvalue weighted by Crippen LogP contribution is -2.14. The molecule has 1 aromatic rings. The van der Waals surface area contributed by atoms with Gasteiger partial charge < -0.3 is 4.74 Å². The van der Waals surface area contributed by atoms with Crippen molar-refractivity contribution in [3.05, 3.63) is 34.2 Å². The van der Waals surface area contributed by atoms with Crippen molar-refractivity contribution < 1.29 is 9.66 Å². The van der Waals surface area contributed by atoms with E-state index in [0.29, 0.717) is 5.69 Å². The van der Waals surface area contributed by atoms with Crippen LogP contribution in [0.4, 0.5) is 5.69 Å². The molecule has 0 N–H and O–H groups in total. The second-order valence-electron chi connectivity index (χ2n) is 4.13. The van der Waals surface area contributed by atoms with Crippen LogP contribution in [0.1, 0.15) is 31.6 Å². The Hall–Kier alpha value is -1.69. The van der Waals surface area contributed by atoms with Gasteiger partial charge in [-0.1, -0.05) is 12.2 Å². The predicted octanol–water partition coefficient (Wildman–Crippen LogP) is 2.12. The average molecular weight is 237 g/mol. The van der Waals surface area contributed by atoms with Crippen molar-refractivity contribution in [3.63, 3.8) is 0 Å². The number of aryl methyl sites for hydroxylation is 1. The molecule has 1 aliphatic heterocycles. The monoisotopic (exact) mass is 237 g/mol. The maximum atomic E-state index is 10.9. The van der Waals surface area contributed by atoms with Gasteiger partial charge in [0, 0.05) is 7.05 Å². The summed E-state index contributed by atoms with van der Waals surface area (Å²) in [6.45, 7) is 1.93. The van der Waals surface area contributed by atoms with Gasteiger partial charge in [-0.3, -0.25) is 14.8 Å². The van der Waals surface area contributed by atoms with Crippen LogP contribution in [0, 0.1) is 10.1 Å². The quantitative estimate of drug-likeness (QED) is 0.449. The van der Waals surface area contributed by atoms with Crippen molar-refractivity contribution in [2.45, 2.75) is 32.0 Å². The minimum Gasteiger partial charge on any atom is -0.365 e. The summed E-state index contributed by atoms with van der Waals surface area (Å²) < 4.78 is 7.30. The minimum atomic E-state index is -0.408. The molecule has 1 aliphatic rings. The first-order valence-corrected chi connectivity index (χ1v) is 5.58. The van der Waals surface area contributed by atoms with E-state index in [0.717, 1.165) is 12.8 Å². The topological polar surface area (TPSA) is 70.2 Å². The van der Waals surface area contributed by atoms with Crippen LogP contribution in [-0.2, 0) is 11.8 Å². The summed E-state index contributed by atoms with van der Waals surface area (Å²) in [5, 5.41) is 14.9. The summed E-state index contributed by atoms with van der Waals surface area (Å²) in [6, 6.07) is 0. The van der Waals surface area contributed by atoms with Crippen molar-refractivity contribution >= 4 is 5.69 Å². The van der Waals surface area contributed by atoms with Gasteiger partial charge in [-0.15, -0.1) is 0 Å². The highest BCUT2D eigenvalue weighted by Gasteiger charge is 2.28. The number of rotatable bonds is 2. The molecule has 0 fully saturated rings. The van der Waals surface area contributed by atoms with E-state index in [1.807, 2.05) is 19.1 Å². The molecule has 17 heavy (non-hydrogen) atoms. The lowest BCUT2D eigenvalue weighted by molar-refractivity contribution is -0.386. The second-order valence-corrected chi connectivity index (χ2v) is 4.13. The van der Waals surface area contributed by atoms with Crippen molar-refractivity contribution in [2.75, 3.05) is 0 Å². The van der Waals surface area contributed by atoms with E-state index >= 15 is 0 Å². The van der Waals surface area contributed by atoms with Crippen LogP contribution >= 0.6 is 0 Å². The van der Waals surface area contributed by atoms with E-state index in [2.05, 4.69) is 5.10 Å². The van der Waals surface area contributed by atoms with Gasteiger partial charge >= 0.3 is 5.69 Å². The van der Waals surface area contributed by atoms with E-state index in [1.54, 1.807) is 7.05 Å². The fraction of sp³-hybridized carbons (Fsp3) is 0.545. The van der Waals surface area contributed by atoms with Gasteiger partial charge in [0.15, 0.2) is 0 Å². The van der Waals surface area contributed by atoms with E-state index in [4.69, 9.17) is 4.74 Å². The molecule has 0 unspecified atom stereocenters. The summed E-state index contributed by atoms with van der Waals surface area (Å²) in [5.41, 5.74) is 0.581. The lowest BCUT2D eigenvalue weighted by Gasteiger charge is -2.18. The number of nitro groups is 1. The highest BCUT2D eigenvalue weighted by molar-refractivity contribution is 5.35. The third-order valence-corrected chi connectivity index (χ3v) is 2.85. The Balaban J connectivity index is 2.32. The zero-order chi connectivity index (χ0) is 12.4. The summed E-state index contributed by atoms with van der Waals surface area (Å²) >= 11 is 0. The largest absolute Gasteiger partial charge is 0.365 e. The molecular formula is C11H15N3O3. The fourth-order valence-corrected chi connectivity index (χ4v) is 2.06. The third-order valence-electron chi connectivity index (χ3n) is 2.85. The SMILES string of the molecule is C[C@@H]1C=CCC[C@@H](c2c([N+](=O)[O-])cnn2C)O1. The molecule has 0 bridgehead atoms. The smallest absolute Gasteiger partial charge is 0.312 e. The summed E-state index contributed by atoms with van der Waals surface area (Å²) in [7, 11) is 1.70. The second kappa shape index (κ2) is 4.67. The van der Waals surface area contributed by atoms with Crippen LogP contribution in [-0.4, -0.2) is 20.8 Å². The Bertz CT molecular complexity index is 453. The maximum Gasteiger partial charge on any atom is 0.312 e. The van der Waals surface area contributed by atoms with Crippen LogP contribution in [0.3, 0.4) is 0 Å². The van der Waals surface area contributed by atoms with Crippen LogP contribution < -0.4 is 0 Å². The highest BCUT2D eigenvalue weighted by atomic mass is 16.6. The van der Waals surface area contributed by atoms with E-state index in [-0.39, 0.29) is 17.9 Å². The van der Waals surface area contributed by atoms with Crippen molar-refractivity contribution in [2.24, 2.45) is 7.05 Å². The average Bonchev–Trinajstić information content (AvgIpc) is 2.52. The Kier molecular flexibility index (Phi) is 3.23. The van der Waals surface area contributed by atoms with Gasteiger partial charge in [0.2, 0.25) is 0 Å². The number of ether oxygens (including phenoxy) is 1. The molecule has 0 aromatic carbocycles. The van der Waals surface area contributed by atoms with Gasteiger partial charge in [-0.05, 0) is 19.8 Å². The van der Waals surface area contributed by atoms with Gasteiger partial charge in [0.25, 0.3) is 0 Å². The minimum absolute atomic E-state index is 0.0306. The fourth-order valence-electron chi connectivity index (χ4n) is 2.06. The Labute approximate surface area is 99.0 Å². The Morgan fingerprint density at radius 1 is 1.65 bits per heavy atom. The number of aromatic nitrogens is 2. The van der Waals surface area contributed by atoms with Gasteiger partial charge in [-0.25, -0.2) is 0 Å². The van der Waals surface area contributed by atoms with Crippen LogP contribution in [0.25, 0.3) is 0 Å². The maximum absolute atomic E-state index is 10.9. The number of hydrogen-bond donors (Lipinski definition) is 0. The third kappa shape index (κ3) is 2.36. The first-order chi connectivity index (χ1) is 8.09. The van der Waals surface area contributed by atoms with E-state index < -0.39 is 4.92 Å². The molecule has 0 amide bonds. The Morgan fingerprint density at radius 2 is 2.41 bits per heavy atom. The molecule has 6 nitrogen and oxygen atoms in total. The van der Waals surface area contributed by atoms with Crippen molar-refractivity contribution in [1.82, 2.24) is 9.78 Å².